The van der Waals surface area contributed by atoms with Crippen molar-refractivity contribution >= 4 is 5.78 Å². The van der Waals surface area contributed by atoms with Crippen LogP contribution in [-0.2, 0) is 27.5 Å². The summed E-state index contributed by atoms with van der Waals surface area (Å²) < 4.78 is 12.0. The zero-order valence-corrected chi connectivity index (χ0v) is 14.1. The fraction of sp³-hybridized carbons (Fsp3) is 0.381. The van der Waals surface area contributed by atoms with E-state index in [1.54, 1.807) is 0 Å². The molecule has 126 valence electrons. The van der Waals surface area contributed by atoms with E-state index >= 15 is 0 Å². The van der Waals surface area contributed by atoms with Crippen LogP contribution in [0.25, 0.3) is 0 Å². The second-order valence-corrected chi connectivity index (χ2v) is 6.56. The standard InChI is InChI=1S/C21H24O3/c1-16-12-19(22)21(24-15-18-10-6-3-7-11-18)20(13-16)23-14-17-8-4-2-5-9-17/h2-11,16,20-21H,12-15H2,1H3. The molecule has 0 heterocycles. The Morgan fingerprint density at radius 2 is 1.42 bits per heavy atom. The van der Waals surface area contributed by atoms with Crippen LogP contribution >= 0.6 is 0 Å². The van der Waals surface area contributed by atoms with Crippen molar-refractivity contribution in [1.29, 1.82) is 0 Å². The van der Waals surface area contributed by atoms with Crippen LogP contribution < -0.4 is 0 Å². The molecular formula is C21H24O3. The van der Waals surface area contributed by atoms with E-state index in [9.17, 15) is 4.79 Å². The predicted molar refractivity (Wildman–Crippen MR) is 93.4 cm³/mol. The smallest absolute Gasteiger partial charge is 0.164 e. The molecule has 0 bridgehead atoms. The molecule has 3 nitrogen and oxygen atoms in total. The van der Waals surface area contributed by atoms with E-state index < -0.39 is 6.10 Å². The van der Waals surface area contributed by atoms with E-state index in [1.165, 1.54) is 0 Å². The molecule has 0 saturated heterocycles. The number of rotatable bonds is 6. The number of benzene rings is 2. The molecule has 24 heavy (non-hydrogen) atoms. The summed E-state index contributed by atoms with van der Waals surface area (Å²) >= 11 is 0. The maximum Gasteiger partial charge on any atom is 0.164 e. The molecular weight excluding hydrogens is 300 g/mol. The number of ketones is 1. The van der Waals surface area contributed by atoms with Gasteiger partial charge in [-0.2, -0.15) is 0 Å². The number of carbonyl (C=O) groups is 1. The van der Waals surface area contributed by atoms with Crippen molar-refractivity contribution in [3.8, 4) is 0 Å². The third kappa shape index (κ3) is 4.53. The van der Waals surface area contributed by atoms with Gasteiger partial charge in [0.15, 0.2) is 5.78 Å². The Balaban J connectivity index is 1.62. The molecule has 3 heteroatoms. The minimum atomic E-state index is -0.467. The van der Waals surface area contributed by atoms with Gasteiger partial charge in [0, 0.05) is 6.42 Å². The molecule has 1 fully saturated rings. The number of ether oxygens (including phenoxy) is 2. The Morgan fingerprint density at radius 3 is 2.00 bits per heavy atom. The SMILES string of the molecule is CC1CC(=O)C(OCc2ccccc2)C(OCc2ccccc2)C1. The molecule has 2 aromatic rings. The van der Waals surface area contributed by atoms with Crippen molar-refractivity contribution in [3.05, 3.63) is 71.8 Å². The summed E-state index contributed by atoms with van der Waals surface area (Å²) in [5.74, 6) is 0.498. The summed E-state index contributed by atoms with van der Waals surface area (Å²) in [5.41, 5.74) is 2.19. The molecule has 0 spiro atoms. The van der Waals surface area contributed by atoms with Crippen molar-refractivity contribution in [2.45, 2.75) is 45.2 Å². The second-order valence-electron chi connectivity index (χ2n) is 6.56. The molecule has 1 saturated carbocycles. The molecule has 0 amide bonds. The molecule has 3 unspecified atom stereocenters. The third-order valence-electron chi connectivity index (χ3n) is 4.42. The highest BCUT2D eigenvalue weighted by molar-refractivity contribution is 5.84. The van der Waals surface area contributed by atoms with E-state index in [4.69, 9.17) is 9.47 Å². The van der Waals surface area contributed by atoms with Gasteiger partial charge in [-0.15, -0.1) is 0 Å². The zero-order valence-electron chi connectivity index (χ0n) is 14.1. The highest BCUT2D eigenvalue weighted by Crippen LogP contribution is 2.27. The summed E-state index contributed by atoms with van der Waals surface area (Å²) in [6, 6.07) is 20.0. The molecule has 1 aliphatic carbocycles. The van der Waals surface area contributed by atoms with E-state index in [1.807, 2.05) is 60.7 Å². The van der Waals surface area contributed by atoms with Gasteiger partial charge in [-0.3, -0.25) is 4.79 Å². The first-order valence-corrected chi connectivity index (χ1v) is 8.56. The summed E-state index contributed by atoms with van der Waals surface area (Å²) in [6.07, 6.45) is 0.790. The number of carbonyl (C=O) groups excluding carboxylic acids is 1. The van der Waals surface area contributed by atoms with Gasteiger partial charge in [-0.05, 0) is 23.5 Å². The molecule has 3 atom stereocenters. The van der Waals surface area contributed by atoms with Gasteiger partial charge >= 0.3 is 0 Å². The van der Waals surface area contributed by atoms with Crippen molar-refractivity contribution < 1.29 is 14.3 Å². The summed E-state index contributed by atoms with van der Waals surface area (Å²) in [6.45, 7) is 3.05. The van der Waals surface area contributed by atoms with Crippen LogP contribution in [0.5, 0.6) is 0 Å². The van der Waals surface area contributed by atoms with Crippen molar-refractivity contribution in [2.24, 2.45) is 5.92 Å². The Bertz CT molecular complexity index is 639. The van der Waals surface area contributed by atoms with Crippen molar-refractivity contribution in [2.75, 3.05) is 0 Å². The van der Waals surface area contributed by atoms with Crippen molar-refractivity contribution in [1.82, 2.24) is 0 Å². The molecule has 0 aromatic heterocycles. The highest BCUT2D eigenvalue weighted by atomic mass is 16.5. The molecule has 0 N–H and O–H groups in total. The van der Waals surface area contributed by atoms with Crippen molar-refractivity contribution in [3.63, 3.8) is 0 Å². The van der Waals surface area contributed by atoms with Crippen LogP contribution in [0.3, 0.4) is 0 Å². The predicted octanol–water partition coefficient (Wildman–Crippen LogP) is 4.16. The average Bonchev–Trinajstić information content (AvgIpc) is 2.61. The highest BCUT2D eigenvalue weighted by Gasteiger charge is 2.36. The van der Waals surface area contributed by atoms with E-state index in [0.29, 0.717) is 25.6 Å². The molecule has 1 aliphatic rings. The van der Waals surface area contributed by atoms with Gasteiger partial charge in [0.1, 0.15) is 6.10 Å². The minimum Gasteiger partial charge on any atom is -0.370 e. The quantitative estimate of drug-likeness (QED) is 0.800. The fourth-order valence-corrected chi connectivity index (χ4v) is 3.16. The Kier molecular flexibility index (Phi) is 5.78. The topological polar surface area (TPSA) is 35.5 Å². The minimum absolute atomic E-state index is 0.155. The Labute approximate surface area is 143 Å². The number of Topliss-reactive ketones (excluding diaryl/α,β-unsaturated/α-hetero) is 1. The first kappa shape index (κ1) is 16.9. The number of hydrogen-bond donors (Lipinski definition) is 0. The largest absolute Gasteiger partial charge is 0.370 e. The van der Waals surface area contributed by atoms with Crippen LogP contribution in [0.1, 0.15) is 30.9 Å². The van der Waals surface area contributed by atoms with Crippen LogP contribution in [0.2, 0.25) is 0 Å². The Morgan fingerprint density at radius 1 is 0.875 bits per heavy atom. The lowest BCUT2D eigenvalue weighted by atomic mass is 9.85. The van der Waals surface area contributed by atoms with E-state index in [-0.39, 0.29) is 11.9 Å². The van der Waals surface area contributed by atoms with E-state index in [0.717, 1.165) is 17.5 Å². The average molecular weight is 324 g/mol. The third-order valence-corrected chi connectivity index (χ3v) is 4.42. The molecule has 0 aliphatic heterocycles. The van der Waals surface area contributed by atoms with Crippen LogP contribution in [0.4, 0.5) is 0 Å². The lowest BCUT2D eigenvalue weighted by molar-refractivity contribution is -0.154. The van der Waals surface area contributed by atoms with Crippen LogP contribution in [0, 0.1) is 5.92 Å². The second kappa shape index (κ2) is 8.22. The molecule has 2 aromatic carbocycles. The van der Waals surface area contributed by atoms with Gasteiger partial charge in [0.2, 0.25) is 0 Å². The maximum absolute atomic E-state index is 12.4. The fourth-order valence-electron chi connectivity index (χ4n) is 3.16. The molecule has 0 radical (unpaired) electrons. The summed E-state index contributed by atoms with van der Waals surface area (Å²) in [7, 11) is 0. The zero-order chi connectivity index (χ0) is 16.8. The van der Waals surface area contributed by atoms with Gasteiger partial charge < -0.3 is 9.47 Å². The lowest BCUT2D eigenvalue weighted by Crippen LogP contribution is -2.44. The van der Waals surface area contributed by atoms with E-state index in [2.05, 4.69) is 6.92 Å². The molecule has 3 rings (SSSR count). The van der Waals surface area contributed by atoms with Crippen LogP contribution in [-0.4, -0.2) is 18.0 Å². The van der Waals surface area contributed by atoms with Gasteiger partial charge in [0.05, 0.1) is 19.3 Å². The summed E-state index contributed by atoms with van der Waals surface area (Å²) in [4.78, 5) is 12.4. The first-order valence-electron chi connectivity index (χ1n) is 8.56. The maximum atomic E-state index is 12.4. The Hall–Kier alpha value is -1.97. The monoisotopic (exact) mass is 324 g/mol. The lowest BCUT2D eigenvalue weighted by Gasteiger charge is -2.33. The van der Waals surface area contributed by atoms with Crippen LogP contribution in [0.15, 0.2) is 60.7 Å². The van der Waals surface area contributed by atoms with Gasteiger partial charge in [-0.25, -0.2) is 0 Å². The first-order chi connectivity index (χ1) is 11.7. The summed E-state index contributed by atoms with van der Waals surface area (Å²) in [5, 5.41) is 0. The van der Waals surface area contributed by atoms with Gasteiger partial charge in [-0.1, -0.05) is 67.6 Å². The number of hydrogen-bond acceptors (Lipinski definition) is 3. The normalized spacial score (nSPS) is 24.0. The van der Waals surface area contributed by atoms with Gasteiger partial charge in [0.25, 0.3) is 0 Å².